The SMILES string of the molecule is Cc1ccc2nc(CCl)n(-c3ccc(Br)cc3F)c2c1. The van der Waals surface area contributed by atoms with Gasteiger partial charge in [-0.2, -0.15) is 0 Å². The first-order valence-electron chi connectivity index (χ1n) is 6.09. The maximum absolute atomic E-state index is 14.2. The van der Waals surface area contributed by atoms with E-state index in [1.54, 1.807) is 16.7 Å². The summed E-state index contributed by atoms with van der Waals surface area (Å²) in [5.74, 6) is 0.545. The third-order valence-electron chi connectivity index (χ3n) is 3.15. The van der Waals surface area contributed by atoms with Crippen LogP contribution in [0.25, 0.3) is 16.7 Å². The Morgan fingerprint density at radius 1 is 1.25 bits per heavy atom. The van der Waals surface area contributed by atoms with E-state index in [1.807, 2.05) is 25.1 Å². The second kappa shape index (κ2) is 5.19. The van der Waals surface area contributed by atoms with Crippen molar-refractivity contribution in [1.82, 2.24) is 9.55 Å². The summed E-state index contributed by atoms with van der Waals surface area (Å²) in [6.45, 7) is 2.00. The molecule has 102 valence electrons. The minimum absolute atomic E-state index is 0.225. The third-order valence-corrected chi connectivity index (χ3v) is 3.88. The van der Waals surface area contributed by atoms with Crippen LogP contribution in [-0.4, -0.2) is 9.55 Å². The Labute approximate surface area is 129 Å². The molecule has 0 unspecified atom stereocenters. The van der Waals surface area contributed by atoms with Gasteiger partial charge >= 0.3 is 0 Å². The summed E-state index contributed by atoms with van der Waals surface area (Å²) < 4.78 is 16.7. The Morgan fingerprint density at radius 2 is 2.05 bits per heavy atom. The quantitative estimate of drug-likeness (QED) is 0.594. The number of fused-ring (bicyclic) bond motifs is 1. The van der Waals surface area contributed by atoms with Crippen molar-refractivity contribution < 1.29 is 4.39 Å². The molecule has 1 heterocycles. The lowest BCUT2D eigenvalue weighted by Crippen LogP contribution is -2.02. The number of rotatable bonds is 2. The highest BCUT2D eigenvalue weighted by atomic mass is 79.9. The van der Waals surface area contributed by atoms with E-state index in [9.17, 15) is 4.39 Å². The zero-order valence-corrected chi connectivity index (χ0v) is 13.0. The molecular formula is C15H11BrClFN2. The summed E-state index contributed by atoms with van der Waals surface area (Å²) in [4.78, 5) is 4.46. The topological polar surface area (TPSA) is 17.8 Å². The molecule has 20 heavy (non-hydrogen) atoms. The third kappa shape index (κ3) is 2.23. The number of imidazole rings is 1. The van der Waals surface area contributed by atoms with Crippen LogP contribution in [0.4, 0.5) is 4.39 Å². The van der Waals surface area contributed by atoms with Gasteiger partial charge in [-0.15, -0.1) is 11.6 Å². The van der Waals surface area contributed by atoms with Crippen molar-refractivity contribution in [2.24, 2.45) is 0 Å². The molecule has 3 rings (SSSR count). The summed E-state index contributed by atoms with van der Waals surface area (Å²) in [5, 5.41) is 0. The fraction of sp³-hybridized carbons (Fsp3) is 0.133. The number of hydrogen-bond donors (Lipinski definition) is 0. The smallest absolute Gasteiger partial charge is 0.148 e. The standard InChI is InChI=1S/C15H11BrClFN2/c1-9-2-4-12-14(6-9)20(15(8-17)19-12)13-5-3-10(16)7-11(13)18/h2-7H,8H2,1H3. The van der Waals surface area contributed by atoms with Crippen LogP contribution < -0.4 is 0 Å². The Bertz CT molecular complexity index is 798. The number of nitrogens with zero attached hydrogens (tertiary/aromatic N) is 2. The molecule has 1 aromatic heterocycles. The number of hydrogen-bond acceptors (Lipinski definition) is 1. The molecule has 0 atom stereocenters. The predicted molar refractivity (Wildman–Crippen MR) is 83.0 cm³/mol. The van der Waals surface area contributed by atoms with Crippen molar-refractivity contribution >= 4 is 38.6 Å². The van der Waals surface area contributed by atoms with Crippen molar-refractivity contribution in [3.05, 3.63) is 58.1 Å². The molecule has 0 saturated carbocycles. The molecule has 0 fully saturated rings. The molecular weight excluding hydrogens is 343 g/mol. The van der Waals surface area contributed by atoms with Crippen molar-refractivity contribution in [2.45, 2.75) is 12.8 Å². The zero-order chi connectivity index (χ0) is 14.3. The highest BCUT2D eigenvalue weighted by Gasteiger charge is 2.15. The van der Waals surface area contributed by atoms with Gasteiger partial charge in [0.05, 0.1) is 22.6 Å². The fourth-order valence-electron chi connectivity index (χ4n) is 2.26. The average molecular weight is 354 g/mol. The van der Waals surface area contributed by atoms with Crippen LogP contribution in [0.15, 0.2) is 40.9 Å². The lowest BCUT2D eigenvalue weighted by molar-refractivity contribution is 0.617. The highest BCUT2D eigenvalue weighted by molar-refractivity contribution is 9.10. The van der Waals surface area contributed by atoms with Gasteiger partial charge in [0.15, 0.2) is 0 Å². The van der Waals surface area contributed by atoms with Gasteiger partial charge in [-0.3, -0.25) is 4.57 Å². The first-order valence-corrected chi connectivity index (χ1v) is 7.42. The van der Waals surface area contributed by atoms with Gasteiger partial charge in [-0.1, -0.05) is 22.0 Å². The average Bonchev–Trinajstić information content (AvgIpc) is 2.76. The van der Waals surface area contributed by atoms with Crippen LogP contribution >= 0.6 is 27.5 Å². The van der Waals surface area contributed by atoms with Crippen LogP contribution in [0.2, 0.25) is 0 Å². The van der Waals surface area contributed by atoms with E-state index in [4.69, 9.17) is 11.6 Å². The summed E-state index contributed by atoms with van der Waals surface area (Å²) >= 11 is 9.23. The van der Waals surface area contributed by atoms with E-state index in [-0.39, 0.29) is 11.7 Å². The van der Waals surface area contributed by atoms with Gasteiger partial charge in [0.2, 0.25) is 0 Å². The lowest BCUT2D eigenvalue weighted by Gasteiger charge is -2.09. The summed E-state index contributed by atoms with van der Waals surface area (Å²) in [6, 6.07) is 10.9. The molecule has 0 aliphatic rings. The molecule has 5 heteroatoms. The molecule has 0 aliphatic heterocycles. The molecule has 0 saturated heterocycles. The van der Waals surface area contributed by atoms with E-state index < -0.39 is 0 Å². The lowest BCUT2D eigenvalue weighted by atomic mass is 10.2. The number of aryl methyl sites for hydroxylation is 1. The van der Waals surface area contributed by atoms with E-state index >= 15 is 0 Å². The minimum atomic E-state index is -0.313. The Kier molecular flexibility index (Phi) is 3.52. The number of aromatic nitrogens is 2. The van der Waals surface area contributed by atoms with Gasteiger partial charge < -0.3 is 0 Å². The maximum atomic E-state index is 14.2. The van der Waals surface area contributed by atoms with Gasteiger partial charge in [0, 0.05) is 4.47 Å². The maximum Gasteiger partial charge on any atom is 0.148 e. The second-order valence-electron chi connectivity index (χ2n) is 4.58. The molecule has 0 spiro atoms. The Morgan fingerprint density at radius 3 is 2.75 bits per heavy atom. The van der Waals surface area contributed by atoms with Crippen LogP contribution in [0.3, 0.4) is 0 Å². The van der Waals surface area contributed by atoms with Crippen LogP contribution in [0.1, 0.15) is 11.4 Å². The minimum Gasteiger partial charge on any atom is -0.292 e. The first kappa shape index (κ1) is 13.6. The molecule has 0 amide bonds. The normalized spacial score (nSPS) is 11.2. The van der Waals surface area contributed by atoms with Crippen molar-refractivity contribution in [3.63, 3.8) is 0 Å². The number of halogens is 3. The van der Waals surface area contributed by atoms with Crippen molar-refractivity contribution in [3.8, 4) is 5.69 Å². The van der Waals surface area contributed by atoms with E-state index in [1.165, 1.54) is 6.07 Å². The summed E-state index contributed by atoms with van der Waals surface area (Å²) in [7, 11) is 0. The number of benzene rings is 2. The van der Waals surface area contributed by atoms with Crippen molar-refractivity contribution in [1.29, 1.82) is 0 Å². The zero-order valence-electron chi connectivity index (χ0n) is 10.7. The van der Waals surface area contributed by atoms with Gasteiger partial charge in [0.1, 0.15) is 11.6 Å². The van der Waals surface area contributed by atoms with Gasteiger partial charge in [-0.25, -0.2) is 9.37 Å². The van der Waals surface area contributed by atoms with Gasteiger partial charge in [0.25, 0.3) is 0 Å². The Balaban J connectivity index is 2.36. The largest absolute Gasteiger partial charge is 0.292 e. The number of alkyl halides is 1. The molecule has 0 N–H and O–H groups in total. The molecule has 0 aliphatic carbocycles. The van der Waals surface area contributed by atoms with Crippen LogP contribution in [-0.2, 0) is 5.88 Å². The monoisotopic (exact) mass is 352 g/mol. The van der Waals surface area contributed by atoms with E-state index in [0.717, 1.165) is 16.6 Å². The molecule has 3 aromatic rings. The molecule has 2 aromatic carbocycles. The first-order chi connectivity index (χ1) is 9.60. The molecule has 0 radical (unpaired) electrons. The molecule has 2 nitrogen and oxygen atoms in total. The van der Waals surface area contributed by atoms with E-state index in [2.05, 4.69) is 20.9 Å². The van der Waals surface area contributed by atoms with Crippen LogP contribution in [0, 0.1) is 12.7 Å². The van der Waals surface area contributed by atoms with E-state index in [0.29, 0.717) is 16.0 Å². The summed E-state index contributed by atoms with van der Waals surface area (Å²) in [6.07, 6.45) is 0. The fourth-order valence-corrected chi connectivity index (χ4v) is 2.77. The highest BCUT2D eigenvalue weighted by Crippen LogP contribution is 2.26. The van der Waals surface area contributed by atoms with Crippen LogP contribution in [0.5, 0.6) is 0 Å². The van der Waals surface area contributed by atoms with Gasteiger partial charge in [-0.05, 0) is 42.8 Å². The second-order valence-corrected chi connectivity index (χ2v) is 5.77. The molecule has 0 bridgehead atoms. The Hall–Kier alpha value is -1.39. The predicted octanol–water partition coefficient (Wildman–Crippen LogP) is 4.97. The van der Waals surface area contributed by atoms with Crippen molar-refractivity contribution in [2.75, 3.05) is 0 Å². The summed E-state index contributed by atoms with van der Waals surface area (Å²) in [5.41, 5.74) is 3.23.